The van der Waals surface area contributed by atoms with Gasteiger partial charge in [0.15, 0.2) is 0 Å². The Morgan fingerprint density at radius 1 is 1.26 bits per heavy atom. The Hall–Kier alpha value is -0.870. The minimum absolute atomic E-state index is 0.506. The summed E-state index contributed by atoms with van der Waals surface area (Å²) in [5.41, 5.74) is 4.01. The first-order chi connectivity index (χ1) is 9.13. The summed E-state index contributed by atoms with van der Waals surface area (Å²) in [4.78, 5) is 0. The number of nitrogens with one attached hydrogen (secondary N) is 1. The van der Waals surface area contributed by atoms with Gasteiger partial charge in [-0.05, 0) is 19.3 Å². The van der Waals surface area contributed by atoms with Gasteiger partial charge in [0.1, 0.15) is 0 Å². The summed E-state index contributed by atoms with van der Waals surface area (Å²) < 4.78 is 7.30. The molecule has 1 aromatic rings. The number of methoxy groups -OCH3 is 1. The molecule has 1 N–H and O–H groups in total. The molecule has 1 rings (SSSR count). The molecule has 0 spiro atoms. The van der Waals surface area contributed by atoms with E-state index in [1.165, 1.54) is 17.0 Å². The highest BCUT2D eigenvalue weighted by Gasteiger charge is 2.15. The highest BCUT2D eigenvalue weighted by atomic mass is 16.5. The maximum atomic E-state index is 5.13. The van der Waals surface area contributed by atoms with Crippen LogP contribution in [-0.2, 0) is 30.7 Å². The second-order valence-corrected chi connectivity index (χ2v) is 5.18. The zero-order valence-electron chi connectivity index (χ0n) is 13.1. The quantitative estimate of drug-likeness (QED) is 0.699. The van der Waals surface area contributed by atoms with Gasteiger partial charge in [0.2, 0.25) is 0 Å². The van der Waals surface area contributed by atoms with Crippen molar-refractivity contribution in [2.75, 3.05) is 13.7 Å². The van der Waals surface area contributed by atoms with Crippen LogP contribution in [0.1, 0.15) is 51.1 Å². The molecule has 0 saturated carbocycles. The molecule has 0 fully saturated rings. The molecule has 1 aromatic heterocycles. The highest BCUT2D eigenvalue weighted by molar-refractivity contribution is 5.26. The molecule has 0 atom stereocenters. The van der Waals surface area contributed by atoms with E-state index in [1.54, 1.807) is 7.11 Å². The van der Waals surface area contributed by atoms with Crippen LogP contribution in [0, 0.1) is 0 Å². The molecule has 0 amide bonds. The summed E-state index contributed by atoms with van der Waals surface area (Å²) >= 11 is 0. The fraction of sp³-hybridized carbons (Fsp3) is 0.800. The van der Waals surface area contributed by atoms with E-state index in [0.717, 1.165) is 39.0 Å². The van der Waals surface area contributed by atoms with Gasteiger partial charge in [0.05, 0.1) is 5.69 Å². The van der Waals surface area contributed by atoms with Crippen LogP contribution in [-0.4, -0.2) is 29.5 Å². The molecule has 0 bridgehead atoms. The van der Waals surface area contributed by atoms with Crippen molar-refractivity contribution in [1.29, 1.82) is 0 Å². The van der Waals surface area contributed by atoms with Crippen LogP contribution in [0.3, 0.4) is 0 Å². The van der Waals surface area contributed by atoms with Gasteiger partial charge in [-0.2, -0.15) is 5.10 Å². The molecule has 0 aliphatic carbocycles. The van der Waals surface area contributed by atoms with E-state index in [0.29, 0.717) is 6.04 Å². The van der Waals surface area contributed by atoms with Crippen molar-refractivity contribution >= 4 is 0 Å². The number of aromatic nitrogens is 2. The smallest absolute Gasteiger partial charge is 0.0669 e. The van der Waals surface area contributed by atoms with Gasteiger partial charge in [-0.1, -0.05) is 27.7 Å². The number of rotatable bonds is 9. The summed E-state index contributed by atoms with van der Waals surface area (Å²) in [6.07, 6.45) is 3.06. The minimum Gasteiger partial charge on any atom is -0.385 e. The lowest BCUT2D eigenvalue weighted by Gasteiger charge is -2.11. The first kappa shape index (κ1) is 16.2. The Kier molecular flexibility index (Phi) is 7.10. The highest BCUT2D eigenvalue weighted by Crippen LogP contribution is 2.17. The van der Waals surface area contributed by atoms with Gasteiger partial charge in [0, 0.05) is 44.1 Å². The van der Waals surface area contributed by atoms with Gasteiger partial charge in [0.25, 0.3) is 0 Å². The Balaban J connectivity index is 2.86. The van der Waals surface area contributed by atoms with E-state index in [-0.39, 0.29) is 0 Å². The number of ether oxygens (including phenoxy) is 1. The van der Waals surface area contributed by atoms with Crippen LogP contribution in [0.2, 0.25) is 0 Å². The van der Waals surface area contributed by atoms with E-state index in [4.69, 9.17) is 9.84 Å². The first-order valence-electron chi connectivity index (χ1n) is 7.43. The topological polar surface area (TPSA) is 39.1 Å². The standard InChI is InChI=1S/C15H29N3O/c1-6-14-13(11-16-12(3)4)15(7-2)18(17-14)9-8-10-19-5/h12,16H,6-11H2,1-5H3. The van der Waals surface area contributed by atoms with Crippen molar-refractivity contribution in [1.82, 2.24) is 15.1 Å². The molecule has 0 aliphatic rings. The summed E-state index contributed by atoms with van der Waals surface area (Å²) in [5, 5.41) is 8.28. The SMILES string of the molecule is CCc1nn(CCCOC)c(CC)c1CNC(C)C. The van der Waals surface area contributed by atoms with E-state index in [9.17, 15) is 0 Å². The zero-order chi connectivity index (χ0) is 14.3. The van der Waals surface area contributed by atoms with E-state index in [2.05, 4.69) is 37.7 Å². The molecular weight excluding hydrogens is 238 g/mol. The van der Waals surface area contributed by atoms with Gasteiger partial charge < -0.3 is 10.1 Å². The Morgan fingerprint density at radius 2 is 2.00 bits per heavy atom. The van der Waals surface area contributed by atoms with E-state index >= 15 is 0 Å². The van der Waals surface area contributed by atoms with Crippen molar-refractivity contribution in [2.45, 2.75) is 66.1 Å². The molecule has 4 nitrogen and oxygen atoms in total. The van der Waals surface area contributed by atoms with Crippen molar-refractivity contribution in [3.8, 4) is 0 Å². The summed E-state index contributed by atoms with van der Waals surface area (Å²) in [5.74, 6) is 0. The van der Waals surface area contributed by atoms with Gasteiger partial charge in [-0.15, -0.1) is 0 Å². The number of nitrogens with zero attached hydrogens (tertiary/aromatic N) is 2. The predicted molar refractivity (Wildman–Crippen MR) is 79.5 cm³/mol. The third-order valence-electron chi connectivity index (χ3n) is 3.32. The zero-order valence-corrected chi connectivity index (χ0v) is 13.1. The van der Waals surface area contributed by atoms with Crippen LogP contribution in [0.4, 0.5) is 0 Å². The molecule has 19 heavy (non-hydrogen) atoms. The van der Waals surface area contributed by atoms with Crippen LogP contribution in [0.25, 0.3) is 0 Å². The molecule has 0 unspecified atom stereocenters. The second kappa shape index (κ2) is 8.33. The molecule has 0 radical (unpaired) electrons. The van der Waals surface area contributed by atoms with Crippen molar-refractivity contribution < 1.29 is 4.74 Å². The lowest BCUT2D eigenvalue weighted by Crippen LogP contribution is -2.23. The summed E-state index contributed by atoms with van der Waals surface area (Å²) in [6, 6.07) is 0.506. The predicted octanol–water partition coefficient (Wildman–Crippen LogP) is 2.54. The van der Waals surface area contributed by atoms with E-state index < -0.39 is 0 Å². The number of hydrogen-bond acceptors (Lipinski definition) is 3. The fourth-order valence-electron chi connectivity index (χ4n) is 2.32. The average molecular weight is 267 g/mol. The summed E-state index contributed by atoms with van der Waals surface area (Å²) in [6.45, 7) is 11.4. The second-order valence-electron chi connectivity index (χ2n) is 5.18. The van der Waals surface area contributed by atoms with Gasteiger partial charge in [-0.25, -0.2) is 0 Å². The lowest BCUT2D eigenvalue weighted by atomic mass is 10.1. The molecule has 0 aromatic carbocycles. The number of hydrogen-bond donors (Lipinski definition) is 1. The van der Waals surface area contributed by atoms with Crippen molar-refractivity contribution in [2.24, 2.45) is 0 Å². The van der Waals surface area contributed by atoms with Crippen molar-refractivity contribution in [3.05, 3.63) is 17.0 Å². The van der Waals surface area contributed by atoms with Crippen LogP contribution in [0.15, 0.2) is 0 Å². The maximum Gasteiger partial charge on any atom is 0.0669 e. The Labute approximate surface area is 117 Å². The lowest BCUT2D eigenvalue weighted by molar-refractivity contribution is 0.188. The molecule has 0 saturated heterocycles. The third-order valence-corrected chi connectivity index (χ3v) is 3.32. The normalized spacial score (nSPS) is 11.5. The molecular formula is C15H29N3O. The average Bonchev–Trinajstić information content (AvgIpc) is 2.73. The Bertz CT molecular complexity index is 372. The summed E-state index contributed by atoms with van der Waals surface area (Å²) in [7, 11) is 1.75. The maximum absolute atomic E-state index is 5.13. The third kappa shape index (κ3) is 4.62. The fourth-order valence-corrected chi connectivity index (χ4v) is 2.32. The molecule has 1 heterocycles. The first-order valence-corrected chi connectivity index (χ1v) is 7.43. The van der Waals surface area contributed by atoms with Crippen LogP contribution in [0.5, 0.6) is 0 Å². The molecule has 110 valence electrons. The van der Waals surface area contributed by atoms with E-state index in [1.807, 2.05) is 0 Å². The molecule has 0 aliphatic heterocycles. The van der Waals surface area contributed by atoms with Crippen molar-refractivity contribution in [3.63, 3.8) is 0 Å². The monoisotopic (exact) mass is 267 g/mol. The van der Waals surface area contributed by atoms with Gasteiger partial charge >= 0.3 is 0 Å². The minimum atomic E-state index is 0.506. The Morgan fingerprint density at radius 3 is 2.53 bits per heavy atom. The van der Waals surface area contributed by atoms with Crippen LogP contribution < -0.4 is 5.32 Å². The van der Waals surface area contributed by atoms with Crippen LogP contribution >= 0.6 is 0 Å². The number of aryl methyl sites for hydroxylation is 2. The largest absolute Gasteiger partial charge is 0.385 e. The molecule has 4 heteroatoms. The van der Waals surface area contributed by atoms with Gasteiger partial charge in [-0.3, -0.25) is 4.68 Å².